The first kappa shape index (κ1) is 11.4. The predicted molar refractivity (Wildman–Crippen MR) is 67.7 cm³/mol. The molecular formula is C13H21N3. The van der Waals surface area contributed by atoms with Crippen molar-refractivity contribution in [1.29, 1.82) is 0 Å². The molecule has 0 aliphatic carbocycles. The second-order valence-electron chi connectivity index (χ2n) is 4.85. The first-order valence-corrected chi connectivity index (χ1v) is 6.09. The van der Waals surface area contributed by atoms with Crippen molar-refractivity contribution >= 4 is 5.69 Å². The van der Waals surface area contributed by atoms with Gasteiger partial charge in [-0.3, -0.25) is 9.88 Å². The smallest absolute Gasteiger partial charge is 0.0603 e. The number of aryl methyl sites for hydroxylation is 1. The summed E-state index contributed by atoms with van der Waals surface area (Å²) >= 11 is 0. The number of hydrogen-bond donors (Lipinski definition) is 1. The summed E-state index contributed by atoms with van der Waals surface area (Å²) in [4.78, 5) is 6.82. The number of anilines is 1. The first-order valence-electron chi connectivity index (χ1n) is 6.09. The summed E-state index contributed by atoms with van der Waals surface area (Å²) in [6, 6.07) is 5.33. The Hall–Kier alpha value is -1.09. The zero-order chi connectivity index (χ0) is 11.5. The molecule has 1 aliphatic rings. The van der Waals surface area contributed by atoms with Crippen LogP contribution < -0.4 is 5.32 Å². The minimum absolute atomic E-state index is 0.574. The molecule has 2 rings (SSSR count). The third-order valence-electron chi connectivity index (χ3n) is 3.32. The number of rotatable bonds is 3. The van der Waals surface area contributed by atoms with Gasteiger partial charge < -0.3 is 5.32 Å². The highest BCUT2D eigenvalue weighted by atomic mass is 15.2. The second-order valence-corrected chi connectivity index (χ2v) is 4.85. The van der Waals surface area contributed by atoms with E-state index in [1.165, 1.54) is 18.7 Å². The van der Waals surface area contributed by atoms with Crippen molar-refractivity contribution in [3.63, 3.8) is 0 Å². The molecule has 0 radical (unpaired) electrons. The molecule has 0 bridgehead atoms. The molecule has 0 spiro atoms. The Balaban J connectivity index is 1.95. The fourth-order valence-corrected chi connectivity index (χ4v) is 2.23. The van der Waals surface area contributed by atoms with Gasteiger partial charge in [0.25, 0.3) is 0 Å². The van der Waals surface area contributed by atoms with Crippen molar-refractivity contribution in [2.75, 3.05) is 18.4 Å². The van der Waals surface area contributed by atoms with Crippen LogP contribution in [0.15, 0.2) is 18.3 Å². The van der Waals surface area contributed by atoms with Crippen molar-refractivity contribution in [3.8, 4) is 0 Å². The van der Waals surface area contributed by atoms with E-state index in [1.807, 2.05) is 12.3 Å². The summed E-state index contributed by atoms with van der Waals surface area (Å²) in [5.74, 6) is 0. The Labute approximate surface area is 97.9 Å². The maximum absolute atomic E-state index is 4.30. The number of likely N-dealkylation sites (tertiary alicyclic amines) is 1. The Bertz CT molecular complexity index is 349. The lowest BCUT2D eigenvalue weighted by Gasteiger charge is -2.21. The lowest BCUT2D eigenvalue weighted by atomic mass is 10.2. The number of pyridine rings is 1. The van der Waals surface area contributed by atoms with Crippen LogP contribution in [0.5, 0.6) is 0 Å². The quantitative estimate of drug-likeness (QED) is 0.845. The van der Waals surface area contributed by atoms with Gasteiger partial charge in [0, 0.05) is 31.4 Å². The SMILES string of the molecule is Cc1ncccc1NC1CCN(C(C)C)C1. The summed E-state index contributed by atoms with van der Waals surface area (Å²) in [5.41, 5.74) is 2.27. The predicted octanol–water partition coefficient (Wildman–Crippen LogP) is 2.28. The minimum atomic E-state index is 0.574. The second kappa shape index (κ2) is 4.83. The van der Waals surface area contributed by atoms with E-state index in [2.05, 4.69) is 42.0 Å². The normalized spacial score (nSPS) is 21.6. The molecule has 16 heavy (non-hydrogen) atoms. The summed E-state index contributed by atoms with van der Waals surface area (Å²) < 4.78 is 0. The van der Waals surface area contributed by atoms with Crippen molar-refractivity contribution < 1.29 is 0 Å². The van der Waals surface area contributed by atoms with Gasteiger partial charge in [-0.05, 0) is 39.3 Å². The molecule has 3 nitrogen and oxygen atoms in total. The Morgan fingerprint density at radius 1 is 1.50 bits per heavy atom. The van der Waals surface area contributed by atoms with Gasteiger partial charge in [-0.2, -0.15) is 0 Å². The van der Waals surface area contributed by atoms with Crippen LogP contribution in [0.2, 0.25) is 0 Å². The molecule has 0 saturated carbocycles. The fraction of sp³-hybridized carbons (Fsp3) is 0.615. The lowest BCUT2D eigenvalue weighted by Crippen LogP contribution is -2.31. The van der Waals surface area contributed by atoms with Crippen LogP contribution in [-0.4, -0.2) is 35.1 Å². The van der Waals surface area contributed by atoms with Gasteiger partial charge in [-0.25, -0.2) is 0 Å². The molecule has 3 heteroatoms. The monoisotopic (exact) mass is 219 g/mol. The number of nitrogens with one attached hydrogen (secondary N) is 1. The highest BCUT2D eigenvalue weighted by Crippen LogP contribution is 2.18. The van der Waals surface area contributed by atoms with Crippen LogP contribution in [0, 0.1) is 6.92 Å². The highest BCUT2D eigenvalue weighted by Gasteiger charge is 2.24. The van der Waals surface area contributed by atoms with Gasteiger partial charge in [0.15, 0.2) is 0 Å². The van der Waals surface area contributed by atoms with E-state index in [1.54, 1.807) is 0 Å². The summed E-state index contributed by atoms with van der Waals surface area (Å²) in [7, 11) is 0. The van der Waals surface area contributed by atoms with Crippen LogP contribution >= 0.6 is 0 Å². The van der Waals surface area contributed by atoms with Crippen LogP contribution in [0.3, 0.4) is 0 Å². The maximum Gasteiger partial charge on any atom is 0.0603 e. The highest BCUT2D eigenvalue weighted by molar-refractivity contribution is 5.47. The van der Waals surface area contributed by atoms with E-state index in [4.69, 9.17) is 0 Å². The molecule has 1 aromatic heterocycles. The third-order valence-corrected chi connectivity index (χ3v) is 3.32. The molecule has 1 saturated heterocycles. The first-order chi connectivity index (χ1) is 7.66. The molecule has 0 aromatic carbocycles. The number of nitrogens with zero attached hydrogens (tertiary/aromatic N) is 2. The maximum atomic E-state index is 4.30. The van der Waals surface area contributed by atoms with Crippen molar-refractivity contribution in [1.82, 2.24) is 9.88 Å². The van der Waals surface area contributed by atoms with Crippen LogP contribution in [0.4, 0.5) is 5.69 Å². The lowest BCUT2D eigenvalue weighted by molar-refractivity contribution is 0.274. The summed E-state index contributed by atoms with van der Waals surface area (Å²) in [6.45, 7) is 8.92. The van der Waals surface area contributed by atoms with Crippen molar-refractivity contribution in [3.05, 3.63) is 24.0 Å². The minimum Gasteiger partial charge on any atom is -0.380 e. The van der Waals surface area contributed by atoms with E-state index in [-0.39, 0.29) is 0 Å². The van der Waals surface area contributed by atoms with Gasteiger partial charge in [-0.1, -0.05) is 0 Å². The standard InChI is InChI=1S/C13H21N3/c1-10(2)16-8-6-12(9-16)15-13-5-4-7-14-11(13)3/h4-5,7,10,12,15H,6,8-9H2,1-3H3. The van der Waals surface area contributed by atoms with E-state index < -0.39 is 0 Å². The van der Waals surface area contributed by atoms with Crippen molar-refractivity contribution in [2.24, 2.45) is 0 Å². The molecule has 1 aromatic rings. The van der Waals surface area contributed by atoms with Gasteiger partial charge in [0.1, 0.15) is 0 Å². The van der Waals surface area contributed by atoms with Crippen LogP contribution in [0.25, 0.3) is 0 Å². The zero-order valence-electron chi connectivity index (χ0n) is 10.4. The van der Waals surface area contributed by atoms with E-state index in [9.17, 15) is 0 Å². The van der Waals surface area contributed by atoms with Crippen LogP contribution in [0.1, 0.15) is 26.0 Å². The molecule has 2 heterocycles. The van der Waals surface area contributed by atoms with Gasteiger partial charge in [0.2, 0.25) is 0 Å². The number of aromatic nitrogens is 1. The molecule has 0 amide bonds. The Kier molecular flexibility index (Phi) is 3.44. The Morgan fingerprint density at radius 3 is 2.94 bits per heavy atom. The van der Waals surface area contributed by atoms with Gasteiger partial charge in [-0.15, -0.1) is 0 Å². The molecule has 88 valence electrons. The zero-order valence-corrected chi connectivity index (χ0v) is 10.4. The van der Waals surface area contributed by atoms with Crippen LogP contribution in [-0.2, 0) is 0 Å². The van der Waals surface area contributed by atoms with E-state index >= 15 is 0 Å². The molecule has 1 unspecified atom stereocenters. The molecule has 1 N–H and O–H groups in total. The molecule has 1 aliphatic heterocycles. The van der Waals surface area contributed by atoms with E-state index in [0.29, 0.717) is 12.1 Å². The van der Waals surface area contributed by atoms with E-state index in [0.717, 1.165) is 12.2 Å². The summed E-state index contributed by atoms with van der Waals surface area (Å²) in [6.07, 6.45) is 3.07. The average Bonchev–Trinajstić information content (AvgIpc) is 2.70. The molecular weight excluding hydrogens is 198 g/mol. The van der Waals surface area contributed by atoms with Gasteiger partial charge in [0.05, 0.1) is 11.4 Å². The largest absolute Gasteiger partial charge is 0.380 e. The number of hydrogen-bond acceptors (Lipinski definition) is 3. The Morgan fingerprint density at radius 2 is 2.31 bits per heavy atom. The average molecular weight is 219 g/mol. The molecule has 1 fully saturated rings. The molecule has 1 atom stereocenters. The van der Waals surface area contributed by atoms with Gasteiger partial charge >= 0.3 is 0 Å². The fourth-order valence-electron chi connectivity index (χ4n) is 2.23. The third kappa shape index (κ3) is 2.53. The topological polar surface area (TPSA) is 28.2 Å². The van der Waals surface area contributed by atoms with Crippen molar-refractivity contribution in [2.45, 2.75) is 39.3 Å². The summed E-state index contributed by atoms with van der Waals surface area (Å²) in [5, 5.41) is 3.59.